The van der Waals surface area contributed by atoms with Gasteiger partial charge >= 0.3 is 19.0 Å². The summed E-state index contributed by atoms with van der Waals surface area (Å²) in [4.78, 5) is 0. The summed E-state index contributed by atoms with van der Waals surface area (Å²) in [5.41, 5.74) is 0. The van der Waals surface area contributed by atoms with E-state index >= 15 is 0 Å². The molecule has 0 aliphatic carbocycles. The molecule has 26 heavy (non-hydrogen) atoms. The summed E-state index contributed by atoms with van der Waals surface area (Å²) in [6.07, 6.45) is 7.47. The number of nitrogens with zero attached hydrogens (tertiary/aromatic N) is 1. The molecule has 0 spiro atoms. The molecular weight excluding hydrogens is 369 g/mol. The van der Waals surface area contributed by atoms with Crippen LogP contribution < -0.4 is 4.57 Å². The van der Waals surface area contributed by atoms with Gasteiger partial charge in [0.05, 0.1) is 0 Å². The first kappa shape index (κ1) is 24.7. The summed E-state index contributed by atoms with van der Waals surface area (Å²) in [6, 6.07) is 6.27. The van der Waals surface area contributed by atoms with Crippen molar-refractivity contribution in [3.63, 3.8) is 0 Å². The molecule has 0 radical (unpaired) electrons. The Bertz CT molecular complexity index is 457. The molecule has 0 saturated heterocycles. The van der Waals surface area contributed by atoms with Crippen molar-refractivity contribution in [2.24, 2.45) is 0 Å². The molecule has 0 saturated carbocycles. The SMILES string of the molecule is CCCCCCCCC[n+]1ccccc1.F[B-](F)(F)C(F)(F)C(F)(F)F. The first-order valence-corrected chi connectivity index (χ1v) is 8.51. The first-order valence-electron chi connectivity index (χ1n) is 8.51. The maximum atomic E-state index is 11.2. The van der Waals surface area contributed by atoms with Gasteiger partial charge in [-0.2, -0.15) is 13.2 Å². The van der Waals surface area contributed by atoms with E-state index in [-0.39, 0.29) is 0 Å². The molecule has 0 amide bonds. The molecule has 1 nitrogen and oxygen atoms in total. The zero-order valence-corrected chi connectivity index (χ0v) is 14.6. The van der Waals surface area contributed by atoms with Crippen molar-refractivity contribution in [2.75, 3.05) is 0 Å². The topological polar surface area (TPSA) is 3.88 Å². The largest absolute Gasteiger partial charge is 0.558 e. The number of unbranched alkanes of at least 4 members (excludes halogenated alkanes) is 6. The molecule has 0 unspecified atom stereocenters. The summed E-state index contributed by atoms with van der Waals surface area (Å²) >= 11 is 0. The van der Waals surface area contributed by atoms with Crippen molar-refractivity contribution >= 4 is 6.98 Å². The summed E-state index contributed by atoms with van der Waals surface area (Å²) in [7, 11) is 0. The van der Waals surface area contributed by atoms with E-state index in [1.54, 1.807) is 0 Å². The van der Waals surface area contributed by atoms with Gasteiger partial charge in [-0.25, -0.2) is 13.3 Å². The number of rotatable bonds is 9. The molecule has 0 N–H and O–H groups in total. The van der Waals surface area contributed by atoms with Gasteiger partial charge in [-0.1, -0.05) is 45.1 Å². The van der Waals surface area contributed by atoms with Crippen LogP contribution in [-0.4, -0.2) is 19.0 Å². The zero-order valence-electron chi connectivity index (χ0n) is 14.6. The lowest BCUT2D eigenvalue weighted by Crippen LogP contribution is -2.53. The molecule has 0 bridgehead atoms. The maximum Gasteiger partial charge on any atom is 0.558 e. The molecule has 0 aliphatic heterocycles. The monoisotopic (exact) mass is 393 g/mol. The van der Waals surface area contributed by atoms with Crippen LogP contribution in [0.1, 0.15) is 51.9 Å². The number of hydrogen-bond acceptors (Lipinski definition) is 0. The number of aryl methyl sites for hydroxylation is 1. The Morgan fingerprint density at radius 3 is 1.58 bits per heavy atom. The summed E-state index contributed by atoms with van der Waals surface area (Å²) in [5.74, 6) is -6.56. The lowest BCUT2D eigenvalue weighted by molar-refractivity contribution is -0.697. The van der Waals surface area contributed by atoms with Gasteiger partial charge in [0.2, 0.25) is 0 Å². The van der Waals surface area contributed by atoms with Crippen molar-refractivity contribution in [1.29, 1.82) is 0 Å². The minimum absolute atomic E-state index is 1.18. The molecule has 1 aromatic rings. The highest BCUT2D eigenvalue weighted by Crippen LogP contribution is 2.43. The van der Waals surface area contributed by atoms with Gasteiger partial charge in [-0.3, -0.25) is 0 Å². The van der Waals surface area contributed by atoms with Crippen LogP contribution in [0.2, 0.25) is 0 Å². The van der Waals surface area contributed by atoms with Crippen LogP contribution in [-0.2, 0) is 6.54 Å². The second-order valence-electron chi connectivity index (χ2n) is 5.93. The Morgan fingerprint density at radius 2 is 1.19 bits per heavy atom. The molecular formula is C16H24BF8N. The average Bonchev–Trinajstić information content (AvgIpc) is 2.53. The third kappa shape index (κ3) is 9.38. The average molecular weight is 393 g/mol. The fraction of sp³-hybridized carbons (Fsp3) is 0.688. The van der Waals surface area contributed by atoms with Gasteiger partial charge in [-0.15, -0.1) is 0 Å². The van der Waals surface area contributed by atoms with E-state index in [4.69, 9.17) is 0 Å². The van der Waals surface area contributed by atoms with E-state index in [2.05, 4.69) is 42.1 Å². The van der Waals surface area contributed by atoms with Crippen LogP contribution in [0.4, 0.5) is 34.9 Å². The summed E-state index contributed by atoms with van der Waals surface area (Å²) in [5, 5.41) is 0. The number of aromatic nitrogens is 1. The third-order valence-corrected chi connectivity index (χ3v) is 3.59. The number of hydrogen-bond donors (Lipinski definition) is 0. The molecule has 1 aromatic heterocycles. The lowest BCUT2D eigenvalue weighted by atomic mass is 9.80. The van der Waals surface area contributed by atoms with Crippen LogP contribution >= 0.6 is 0 Å². The summed E-state index contributed by atoms with van der Waals surface area (Å²) in [6.45, 7) is -3.76. The molecule has 10 heteroatoms. The van der Waals surface area contributed by atoms with Crippen molar-refractivity contribution < 1.29 is 39.5 Å². The predicted molar refractivity (Wildman–Crippen MR) is 84.7 cm³/mol. The molecule has 0 fully saturated rings. The molecule has 0 atom stereocenters. The second kappa shape index (κ2) is 11.4. The highest BCUT2D eigenvalue weighted by molar-refractivity contribution is 6.61. The van der Waals surface area contributed by atoms with E-state index < -0.39 is 19.0 Å². The van der Waals surface area contributed by atoms with Crippen molar-refractivity contribution in [2.45, 2.75) is 70.4 Å². The standard InChI is InChI=1S/C14H24N.C2BF8/c1-2-3-4-5-6-7-9-12-15-13-10-8-11-14-15;4-1(5,2(6,7)8)3(9,10)11/h8,10-11,13-14H,2-7,9,12H2,1H3;/q+1;-1. The highest BCUT2D eigenvalue weighted by Gasteiger charge is 2.69. The normalized spacial score (nSPS) is 12.5. The Morgan fingerprint density at radius 1 is 0.731 bits per heavy atom. The van der Waals surface area contributed by atoms with Crippen LogP contribution in [0.15, 0.2) is 30.6 Å². The number of halogens is 8. The molecule has 0 aliphatic rings. The Kier molecular flexibility index (Phi) is 10.8. The number of pyridine rings is 1. The summed E-state index contributed by atoms with van der Waals surface area (Å²) < 4.78 is 90.1. The first-order chi connectivity index (χ1) is 11.9. The van der Waals surface area contributed by atoms with Gasteiger partial charge in [0, 0.05) is 18.6 Å². The van der Waals surface area contributed by atoms with E-state index in [1.165, 1.54) is 51.5 Å². The Balaban J connectivity index is 0.000000508. The molecule has 1 rings (SSSR count). The minimum Gasteiger partial charge on any atom is -0.445 e. The third-order valence-electron chi connectivity index (χ3n) is 3.59. The zero-order chi connectivity index (χ0) is 20.3. The molecule has 1 heterocycles. The van der Waals surface area contributed by atoms with Gasteiger partial charge in [-0.05, 0) is 6.42 Å². The maximum absolute atomic E-state index is 11.2. The van der Waals surface area contributed by atoms with E-state index in [1.807, 2.05) is 0 Å². The van der Waals surface area contributed by atoms with Crippen molar-refractivity contribution in [3.8, 4) is 0 Å². The second-order valence-corrected chi connectivity index (χ2v) is 5.93. The van der Waals surface area contributed by atoms with Gasteiger partial charge in [0.15, 0.2) is 12.4 Å². The van der Waals surface area contributed by atoms with E-state index in [9.17, 15) is 34.9 Å². The molecule has 152 valence electrons. The van der Waals surface area contributed by atoms with Gasteiger partial charge in [0.25, 0.3) is 0 Å². The van der Waals surface area contributed by atoms with Gasteiger partial charge < -0.3 is 12.9 Å². The Hall–Kier alpha value is -1.35. The Labute approximate surface area is 148 Å². The minimum atomic E-state index is -7.21. The number of alkyl halides is 5. The fourth-order valence-electron chi connectivity index (χ4n) is 2.02. The van der Waals surface area contributed by atoms with Crippen molar-refractivity contribution in [3.05, 3.63) is 30.6 Å². The van der Waals surface area contributed by atoms with E-state index in [0.717, 1.165) is 0 Å². The van der Waals surface area contributed by atoms with Crippen LogP contribution in [0.3, 0.4) is 0 Å². The quantitative estimate of drug-likeness (QED) is 0.201. The lowest BCUT2D eigenvalue weighted by Gasteiger charge is -2.28. The van der Waals surface area contributed by atoms with E-state index in [0.29, 0.717) is 0 Å². The van der Waals surface area contributed by atoms with Crippen LogP contribution in [0.25, 0.3) is 0 Å². The van der Waals surface area contributed by atoms with Crippen molar-refractivity contribution in [1.82, 2.24) is 0 Å². The fourth-order valence-corrected chi connectivity index (χ4v) is 2.02. The molecule has 0 aromatic carbocycles. The predicted octanol–water partition coefficient (Wildman–Crippen LogP) is 6.30. The smallest absolute Gasteiger partial charge is 0.445 e. The van der Waals surface area contributed by atoms with Crippen LogP contribution in [0.5, 0.6) is 0 Å². The highest BCUT2D eigenvalue weighted by atomic mass is 19.4. The van der Waals surface area contributed by atoms with Gasteiger partial charge in [0.1, 0.15) is 6.54 Å². The van der Waals surface area contributed by atoms with Crippen LogP contribution in [0, 0.1) is 0 Å².